The average Bonchev–Trinajstić information content (AvgIpc) is 2.33. The summed E-state index contributed by atoms with van der Waals surface area (Å²) >= 11 is 3.20. The van der Waals surface area contributed by atoms with Crippen LogP contribution in [0, 0.1) is 0 Å². The van der Waals surface area contributed by atoms with Gasteiger partial charge in [-0.25, -0.2) is 8.42 Å². The van der Waals surface area contributed by atoms with Crippen molar-refractivity contribution in [1.29, 1.82) is 0 Å². The summed E-state index contributed by atoms with van der Waals surface area (Å²) in [5, 5.41) is 0. The lowest BCUT2D eigenvalue weighted by Gasteiger charge is -2.28. The normalized spacial score (nSPS) is 22.6. The van der Waals surface area contributed by atoms with Gasteiger partial charge in [-0.3, -0.25) is 4.79 Å². The van der Waals surface area contributed by atoms with Gasteiger partial charge in [-0.15, -0.1) is 0 Å². The van der Waals surface area contributed by atoms with Crippen LogP contribution in [0.25, 0.3) is 0 Å². The highest BCUT2D eigenvalue weighted by atomic mass is 79.9. The Labute approximate surface area is 109 Å². The summed E-state index contributed by atoms with van der Waals surface area (Å²) in [6.45, 7) is 0.466. The fraction of sp³-hybridized carbons (Fsp3) is 0.364. The van der Waals surface area contributed by atoms with Crippen LogP contribution in [-0.4, -0.2) is 36.4 Å². The topological polar surface area (TPSA) is 54.5 Å². The number of alkyl halides is 1. The molecule has 0 aromatic heterocycles. The lowest BCUT2D eigenvalue weighted by atomic mass is 10.1. The summed E-state index contributed by atoms with van der Waals surface area (Å²) in [4.78, 5) is 11.2. The number of rotatable bonds is 2. The summed E-state index contributed by atoms with van der Waals surface area (Å²) in [5.74, 6) is 0.0597. The summed E-state index contributed by atoms with van der Waals surface area (Å²) in [5.41, 5.74) is 0. The predicted octanol–water partition coefficient (Wildman–Crippen LogP) is 1.41. The first kappa shape index (κ1) is 12.7. The van der Waals surface area contributed by atoms with Gasteiger partial charge < -0.3 is 0 Å². The Morgan fingerprint density at radius 2 is 1.88 bits per heavy atom. The van der Waals surface area contributed by atoms with Crippen LogP contribution in [0.5, 0.6) is 0 Å². The van der Waals surface area contributed by atoms with Crippen molar-refractivity contribution < 1.29 is 13.2 Å². The molecular weight excluding hydrogens is 306 g/mol. The number of nitrogens with zero attached hydrogens (tertiary/aromatic N) is 1. The van der Waals surface area contributed by atoms with E-state index < -0.39 is 14.9 Å². The molecule has 1 fully saturated rings. The highest BCUT2D eigenvalue weighted by Gasteiger charge is 2.32. The Hall–Kier alpha value is -0.720. The Kier molecular flexibility index (Phi) is 3.65. The summed E-state index contributed by atoms with van der Waals surface area (Å²) in [6, 6.07) is 8.28. The van der Waals surface area contributed by atoms with Crippen molar-refractivity contribution in [2.24, 2.45) is 0 Å². The third-order valence-electron chi connectivity index (χ3n) is 2.70. The summed E-state index contributed by atoms with van der Waals surface area (Å²) in [6.07, 6.45) is 0.266. The molecule has 1 atom stereocenters. The van der Waals surface area contributed by atoms with Gasteiger partial charge in [-0.2, -0.15) is 4.31 Å². The van der Waals surface area contributed by atoms with Crippen LogP contribution in [0.4, 0.5) is 0 Å². The van der Waals surface area contributed by atoms with Crippen molar-refractivity contribution in [2.75, 3.05) is 13.1 Å². The first-order valence-corrected chi connectivity index (χ1v) is 7.59. The van der Waals surface area contributed by atoms with E-state index in [4.69, 9.17) is 0 Å². The highest BCUT2D eigenvalue weighted by Crippen LogP contribution is 2.21. The van der Waals surface area contributed by atoms with Crippen LogP contribution >= 0.6 is 15.9 Å². The molecule has 4 nitrogen and oxygen atoms in total. The van der Waals surface area contributed by atoms with Crippen LogP contribution in [0.15, 0.2) is 35.2 Å². The molecule has 1 aliphatic heterocycles. The second kappa shape index (κ2) is 4.88. The summed E-state index contributed by atoms with van der Waals surface area (Å²) in [7, 11) is -3.47. The van der Waals surface area contributed by atoms with E-state index in [1.165, 1.54) is 4.31 Å². The van der Waals surface area contributed by atoms with E-state index in [1.807, 2.05) is 0 Å². The molecule has 0 bridgehead atoms. The number of Topliss-reactive ketones (excluding diaryl/α,β-unsaturated/α-hetero) is 1. The molecule has 1 aromatic rings. The van der Waals surface area contributed by atoms with Gasteiger partial charge in [0, 0.05) is 19.5 Å². The van der Waals surface area contributed by atoms with Crippen molar-refractivity contribution in [3.8, 4) is 0 Å². The molecule has 0 unspecified atom stereocenters. The summed E-state index contributed by atoms with van der Waals surface area (Å²) < 4.78 is 25.8. The molecule has 1 aromatic carbocycles. The molecule has 0 spiro atoms. The molecule has 0 aliphatic carbocycles. The van der Waals surface area contributed by atoms with Crippen molar-refractivity contribution >= 4 is 31.7 Å². The van der Waals surface area contributed by atoms with Crippen LogP contribution in [-0.2, 0) is 14.8 Å². The van der Waals surface area contributed by atoms with Crippen LogP contribution < -0.4 is 0 Å². The maximum atomic E-state index is 12.2. The molecule has 1 aliphatic rings. The van der Waals surface area contributed by atoms with Gasteiger partial charge in [0.15, 0.2) is 0 Å². The van der Waals surface area contributed by atoms with Crippen LogP contribution in [0.3, 0.4) is 0 Å². The molecule has 2 rings (SSSR count). The van der Waals surface area contributed by atoms with Gasteiger partial charge in [0.05, 0.1) is 9.72 Å². The zero-order chi connectivity index (χ0) is 12.5. The van der Waals surface area contributed by atoms with Crippen LogP contribution in [0.1, 0.15) is 6.42 Å². The van der Waals surface area contributed by atoms with E-state index >= 15 is 0 Å². The van der Waals surface area contributed by atoms with Gasteiger partial charge >= 0.3 is 0 Å². The minimum Gasteiger partial charge on any atom is -0.298 e. The minimum atomic E-state index is -3.47. The van der Waals surface area contributed by atoms with E-state index in [0.717, 1.165) is 0 Å². The highest BCUT2D eigenvalue weighted by molar-refractivity contribution is 9.10. The smallest absolute Gasteiger partial charge is 0.243 e. The van der Waals surface area contributed by atoms with E-state index in [0.29, 0.717) is 0 Å². The Morgan fingerprint density at radius 1 is 1.24 bits per heavy atom. The molecule has 0 N–H and O–H groups in total. The maximum absolute atomic E-state index is 12.2. The molecule has 0 amide bonds. The largest absolute Gasteiger partial charge is 0.298 e. The van der Waals surface area contributed by atoms with Gasteiger partial charge in [0.1, 0.15) is 5.78 Å². The van der Waals surface area contributed by atoms with E-state index in [9.17, 15) is 13.2 Å². The van der Waals surface area contributed by atoms with Crippen molar-refractivity contribution in [3.63, 3.8) is 0 Å². The number of ketones is 1. The zero-order valence-corrected chi connectivity index (χ0v) is 11.4. The third kappa shape index (κ3) is 2.59. The number of hydrogen-bond acceptors (Lipinski definition) is 3. The molecule has 1 heterocycles. The lowest BCUT2D eigenvalue weighted by Crippen LogP contribution is -2.44. The van der Waals surface area contributed by atoms with Gasteiger partial charge in [0.2, 0.25) is 10.0 Å². The second-order valence-corrected chi connectivity index (χ2v) is 6.90. The Bertz CT molecular complexity index is 515. The number of benzene rings is 1. The zero-order valence-electron chi connectivity index (χ0n) is 9.04. The van der Waals surface area contributed by atoms with Gasteiger partial charge in [-0.05, 0) is 12.1 Å². The SMILES string of the molecule is O=C1CCN(S(=O)(=O)c2ccccc2)C[C@@H]1Br. The minimum absolute atomic E-state index is 0.0597. The fourth-order valence-electron chi connectivity index (χ4n) is 1.72. The third-order valence-corrected chi connectivity index (χ3v) is 5.38. The van der Waals surface area contributed by atoms with Crippen LogP contribution in [0.2, 0.25) is 0 Å². The number of carbonyl (C=O) groups excluding carboxylic acids is 1. The molecular formula is C11H12BrNO3S. The van der Waals surface area contributed by atoms with Gasteiger partial charge in [0.25, 0.3) is 0 Å². The molecule has 1 saturated heterocycles. The van der Waals surface area contributed by atoms with E-state index in [2.05, 4.69) is 15.9 Å². The Balaban J connectivity index is 2.26. The van der Waals surface area contributed by atoms with Crippen molar-refractivity contribution in [1.82, 2.24) is 4.31 Å². The monoisotopic (exact) mass is 317 g/mol. The van der Waals surface area contributed by atoms with Crippen molar-refractivity contribution in [2.45, 2.75) is 16.1 Å². The van der Waals surface area contributed by atoms with Gasteiger partial charge in [-0.1, -0.05) is 34.1 Å². The van der Waals surface area contributed by atoms with E-state index in [-0.39, 0.29) is 30.2 Å². The molecule has 92 valence electrons. The van der Waals surface area contributed by atoms with Crippen molar-refractivity contribution in [3.05, 3.63) is 30.3 Å². The maximum Gasteiger partial charge on any atom is 0.243 e. The fourth-order valence-corrected chi connectivity index (χ4v) is 3.97. The number of hydrogen-bond donors (Lipinski definition) is 0. The molecule has 0 saturated carbocycles. The lowest BCUT2D eigenvalue weighted by molar-refractivity contribution is -0.119. The van der Waals surface area contributed by atoms with E-state index in [1.54, 1.807) is 30.3 Å². The number of sulfonamides is 1. The number of piperidine rings is 1. The number of carbonyl (C=O) groups is 1. The first-order valence-electron chi connectivity index (χ1n) is 5.24. The number of halogens is 1. The Morgan fingerprint density at radius 3 is 2.47 bits per heavy atom. The quantitative estimate of drug-likeness (QED) is 0.775. The molecule has 6 heteroatoms. The average molecular weight is 318 g/mol. The second-order valence-electron chi connectivity index (χ2n) is 3.86. The predicted molar refractivity (Wildman–Crippen MR) is 67.5 cm³/mol. The standard InChI is InChI=1S/C11H12BrNO3S/c12-10-8-13(7-6-11(10)14)17(15,16)9-4-2-1-3-5-9/h1-5,10H,6-8H2/t10-/m0/s1. The first-order chi connectivity index (χ1) is 8.01. The molecule has 17 heavy (non-hydrogen) atoms. The molecule has 0 radical (unpaired) electrons.